The summed E-state index contributed by atoms with van der Waals surface area (Å²) in [4.78, 5) is 36.3. The number of hydrogen-bond donors (Lipinski definition) is 3. The van der Waals surface area contributed by atoms with E-state index in [4.69, 9.17) is 9.47 Å². The molecule has 2 unspecified atom stereocenters. The molecule has 1 aliphatic carbocycles. The lowest BCUT2D eigenvalue weighted by Crippen LogP contribution is -2.50. The average molecular weight is 453 g/mol. The number of aliphatic carboxylic acids is 1. The molecule has 0 aromatic heterocycles. The third-order valence-electron chi connectivity index (χ3n) is 6.11. The Morgan fingerprint density at radius 2 is 1.70 bits per heavy atom. The summed E-state index contributed by atoms with van der Waals surface area (Å²) in [6.07, 6.45) is 1.40. The smallest absolute Gasteiger partial charge is 0.407 e. The Morgan fingerprint density at radius 3 is 2.30 bits per heavy atom. The van der Waals surface area contributed by atoms with Gasteiger partial charge in [0.05, 0.1) is 12.5 Å². The van der Waals surface area contributed by atoms with Crippen LogP contribution in [0.15, 0.2) is 48.5 Å². The zero-order valence-corrected chi connectivity index (χ0v) is 18.3. The Balaban J connectivity index is 1.35. The number of alkyl carbamates (subject to hydrolysis) is 1. The predicted octanol–water partition coefficient (Wildman–Crippen LogP) is 3.05. The molecule has 0 radical (unpaired) electrons. The minimum absolute atomic E-state index is 0.0805. The van der Waals surface area contributed by atoms with Crippen molar-refractivity contribution in [3.05, 3.63) is 59.7 Å². The SMILES string of the molecule is O=C(O)CC(NC(=O)OCC1c2ccccc2-c2ccccc21)C(=O)NCC1CCCCO1. The molecule has 1 saturated heterocycles. The van der Waals surface area contributed by atoms with Crippen LogP contribution in [0.5, 0.6) is 0 Å². The van der Waals surface area contributed by atoms with Crippen molar-refractivity contribution in [2.45, 2.75) is 43.7 Å². The van der Waals surface area contributed by atoms with Crippen molar-refractivity contribution in [3.8, 4) is 11.1 Å². The first kappa shape index (κ1) is 22.8. The van der Waals surface area contributed by atoms with Gasteiger partial charge in [0.25, 0.3) is 0 Å². The lowest BCUT2D eigenvalue weighted by Gasteiger charge is -2.24. The van der Waals surface area contributed by atoms with Crippen LogP contribution in [0.1, 0.15) is 42.7 Å². The molecule has 2 aromatic rings. The van der Waals surface area contributed by atoms with Gasteiger partial charge in [0.15, 0.2) is 0 Å². The van der Waals surface area contributed by atoms with Crippen LogP contribution in [-0.4, -0.2) is 55.0 Å². The molecule has 0 saturated carbocycles. The van der Waals surface area contributed by atoms with Gasteiger partial charge in [-0.2, -0.15) is 0 Å². The van der Waals surface area contributed by atoms with Gasteiger partial charge in [0, 0.05) is 19.1 Å². The van der Waals surface area contributed by atoms with Crippen molar-refractivity contribution < 1.29 is 29.0 Å². The molecule has 3 N–H and O–H groups in total. The Bertz CT molecular complexity index is 972. The van der Waals surface area contributed by atoms with Crippen LogP contribution in [0, 0.1) is 0 Å². The minimum Gasteiger partial charge on any atom is -0.481 e. The highest BCUT2D eigenvalue weighted by Gasteiger charge is 2.30. The second-order valence-corrected chi connectivity index (χ2v) is 8.35. The third-order valence-corrected chi connectivity index (χ3v) is 6.11. The number of carbonyl (C=O) groups is 3. The Hall–Kier alpha value is -3.39. The van der Waals surface area contributed by atoms with Crippen LogP contribution in [0.3, 0.4) is 0 Å². The molecule has 1 aliphatic heterocycles. The van der Waals surface area contributed by atoms with Crippen LogP contribution < -0.4 is 10.6 Å². The minimum atomic E-state index is -1.23. The maximum atomic E-state index is 12.5. The summed E-state index contributed by atoms with van der Waals surface area (Å²) >= 11 is 0. The van der Waals surface area contributed by atoms with Gasteiger partial charge in [0.1, 0.15) is 12.6 Å². The highest BCUT2D eigenvalue weighted by Crippen LogP contribution is 2.44. The molecule has 2 amide bonds. The summed E-state index contributed by atoms with van der Waals surface area (Å²) in [7, 11) is 0. The van der Waals surface area contributed by atoms with E-state index in [1.165, 1.54) is 0 Å². The van der Waals surface area contributed by atoms with E-state index < -0.39 is 30.4 Å². The van der Waals surface area contributed by atoms with Crippen LogP contribution in [0.25, 0.3) is 11.1 Å². The fraction of sp³-hybridized carbons (Fsp3) is 0.400. The Morgan fingerprint density at radius 1 is 1.03 bits per heavy atom. The number of carbonyl (C=O) groups excluding carboxylic acids is 2. The zero-order chi connectivity index (χ0) is 23.2. The summed E-state index contributed by atoms with van der Waals surface area (Å²) in [6.45, 7) is 1.01. The molecule has 174 valence electrons. The number of carboxylic acid groups (broad SMARTS) is 1. The molecule has 2 aromatic carbocycles. The zero-order valence-electron chi connectivity index (χ0n) is 18.3. The van der Waals surface area contributed by atoms with Gasteiger partial charge in [-0.3, -0.25) is 9.59 Å². The Kier molecular flexibility index (Phi) is 7.24. The third kappa shape index (κ3) is 5.51. The lowest BCUT2D eigenvalue weighted by molar-refractivity contribution is -0.140. The van der Waals surface area contributed by atoms with Crippen LogP contribution in [0.2, 0.25) is 0 Å². The van der Waals surface area contributed by atoms with Crippen molar-refractivity contribution in [1.29, 1.82) is 0 Å². The van der Waals surface area contributed by atoms with Crippen molar-refractivity contribution in [3.63, 3.8) is 0 Å². The number of ether oxygens (including phenoxy) is 2. The molecule has 2 atom stereocenters. The molecular formula is C25H28N2O6. The number of carboxylic acids is 1. The van der Waals surface area contributed by atoms with E-state index in [9.17, 15) is 19.5 Å². The number of fused-ring (bicyclic) bond motifs is 3. The molecule has 2 aliphatic rings. The van der Waals surface area contributed by atoms with Gasteiger partial charge in [-0.25, -0.2) is 4.79 Å². The monoisotopic (exact) mass is 452 g/mol. The summed E-state index contributed by atoms with van der Waals surface area (Å²) in [5, 5.41) is 14.3. The number of nitrogens with one attached hydrogen (secondary N) is 2. The summed E-state index contributed by atoms with van der Waals surface area (Å²) < 4.78 is 11.0. The highest BCUT2D eigenvalue weighted by atomic mass is 16.5. The lowest BCUT2D eigenvalue weighted by atomic mass is 9.98. The van der Waals surface area contributed by atoms with E-state index in [0.29, 0.717) is 6.61 Å². The number of benzene rings is 2. The van der Waals surface area contributed by atoms with Gasteiger partial charge in [-0.1, -0.05) is 48.5 Å². The van der Waals surface area contributed by atoms with E-state index in [1.54, 1.807) is 0 Å². The standard InChI is InChI=1S/C25H28N2O6/c28-23(29)13-22(24(30)26-14-16-7-5-6-12-32-16)27-25(31)33-15-21-19-10-3-1-8-17(19)18-9-2-4-11-20(18)21/h1-4,8-11,16,21-22H,5-7,12-15H2,(H,26,30)(H,27,31)(H,28,29). The van der Waals surface area contributed by atoms with Crippen molar-refractivity contribution in [2.24, 2.45) is 0 Å². The quantitative estimate of drug-likeness (QED) is 0.567. The van der Waals surface area contributed by atoms with E-state index in [-0.39, 0.29) is 25.2 Å². The van der Waals surface area contributed by atoms with Gasteiger partial charge in [-0.05, 0) is 41.5 Å². The van der Waals surface area contributed by atoms with E-state index >= 15 is 0 Å². The molecule has 8 nitrogen and oxygen atoms in total. The molecule has 33 heavy (non-hydrogen) atoms. The second kappa shape index (κ2) is 10.5. The number of rotatable bonds is 8. The fourth-order valence-electron chi connectivity index (χ4n) is 4.47. The van der Waals surface area contributed by atoms with E-state index in [0.717, 1.165) is 41.5 Å². The van der Waals surface area contributed by atoms with Crippen molar-refractivity contribution >= 4 is 18.0 Å². The van der Waals surface area contributed by atoms with E-state index in [1.807, 2.05) is 48.5 Å². The molecule has 8 heteroatoms. The largest absolute Gasteiger partial charge is 0.481 e. The summed E-state index contributed by atoms with van der Waals surface area (Å²) in [5.41, 5.74) is 4.35. The first-order chi connectivity index (χ1) is 16.0. The Labute approximate surface area is 192 Å². The summed E-state index contributed by atoms with van der Waals surface area (Å²) in [5.74, 6) is -1.89. The second-order valence-electron chi connectivity index (χ2n) is 8.35. The molecular weight excluding hydrogens is 424 g/mol. The van der Waals surface area contributed by atoms with Crippen LogP contribution >= 0.6 is 0 Å². The molecule has 0 bridgehead atoms. The van der Waals surface area contributed by atoms with Crippen LogP contribution in [-0.2, 0) is 19.1 Å². The predicted molar refractivity (Wildman–Crippen MR) is 121 cm³/mol. The van der Waals surface area contributed by atoms with Gasteiger partial charge >= 0.3 is 12.1 Å². The number of hydrogen-bond acceptors (Lipinski definition) is 5. The van der Waals surface area contributed by atoms with E-state index in [2.05, 4.69) is 10.6 Å². The van der Waals surface area contributed by atoms with Crippen LogP contribution in [0.4, 0.5) is 4.79 Å². The fourth-order valence-corrected chi connectivity index (χ4v) is 4.47. The van der Waals surface area contributed by atoms with Gasteiger partial charge < -0.3 is 25.2 Å². The van der Waals surface area contributed by atoms with Gasteiger partial charge in [0.2, 0.25) is 5.91 Å². The summed E-state index contributed by atoms with van der Waals surface area (Å²) in [6, 6.07) is 14.7. The van der Waals surface area contributed by atoms with Crippen molar-refractivity contribution in [2.75, 3.05) is 19.8 Å². The maximum Gasteiger partial charge on any atom is 0.407 e. The van der Waals surface area contributed by atoms with Crippen molar-refractivity contribution in [1.82, 2.24) is 10.6 Å². The highest BCUT2D eigenvalue weighted by molar-refractivity contribution is 5.89. The molecule has 4 rings (SSSR count). The van der Waals surface area contributed by atoms with Gasteiger partial charge in [-0.15, -0.1) is 0 Å². The molecule has 1 fully saturated rings. The first-order valence-electron chi connectivity index (χ1n) is 11.3. The normalized spacial score (nSPS) is 18.0. The first-order valence-corrected chi connectivity index (χ1v) is 11.3. The topological polar surface area (TPSA) is 114 Å². The number of amides is 2. The molecule has 1 heterocycles. The molecule has 0 spiro atoms. The maximum absolute atomic E-state index is 12.5. The average Bonchev–Trinajstić information content (AvgIpc) is 3.15.